The number of aromatic nitrogens is 6. The summed E-state index contributed by atoms with van der Waals surface area (Å²) in [5.41, 5.74) is 5.44. The minimum absolute atomic E-state index is 0.694. The summed E-state index contributed by atoms with van der Waals surface area (Å²) in [5, 5.41) is 19.2. The molecule has 0 fully saturated rings. The first-order valence-corrected chi connectivity index (χ1v) is 10.9. The minimum Gasteiger partial charge on any atom is -0.496 e. The number of para-hydroxylation sites is 2. The van der Waals surface area contributed by atoms with Crippen molar-refractivity contribution in [2.75, 3.05) is 7.11 Å². The van der Waals surface area contributed by atoms with Gasteiger partial charge in [-0.2, -0.15) is 14.7 Å². The number of hydrogen-bond donors (Lipinski definition) is 0. The van der Waals surface area contributed by atoms with Crippen LogP contribution in [0.5, 0.6) is 5.75 Å². The highest BCUT2D eigenvalue weighted by Crippen LogP contribution is 2.30. The molecule has 7 nitrogen and oxygen atoms in total. The molecule has 0 amide bonds. The Labute approximate surface area is 184 Å². The predicted octanol–water partition coefficient (Wildman–Crippen LogP) is 4.45. The molecule has 8 heteroatoms. The zero-order valence-electron chi connectivity index (χ0n) is 17.6. The molecule has 3 heterocycles. The second-order valence-electron chi connectivity index (χ2n) is 7.31. The third-order valence-electron chi connectivity index (χ3n) is 5.41. The minimum atomic E-state index is 0.694. The molecule has 0 unspecified atom stereocenters. The molecule has 0 bridgehead atoms. The van der Waals surface area contributed by atoms with Crippen molar-refractivity contribution < 1.29 is 4.74 Å². The molecule has 5 rings (SSSR count). The summed E-state index contributed by atoms with van der Waals surface area (Å²) in [7, 11) is 1.66. The van der Waals surface area contributed by atoms with Gasteiger partial charge in [0.2, 0.25) is 4.96 Å². The SMILES string of the molecule is COc1ccccc1-c1nnc2sc(CCc3c(C)nn(-c4ccccc4)c3C)nn12. The van der Waals surface area contributed by atoms with Gasteiger partial charge in [-0.3, -0.25) is 0 Å². The van der Waals surface area contributed by atoms with Crippen LogP contribution in [-0.2, 0) is 12.8 Å². The summed E-state index contributed by atoms with van der Waals surface area (Å²) in [6.45, 7) is 4.20. The van der Waals surface area contributed by atoms with Crippen molar-refractivity contribution in [1.29, 1.82) is 0 Å². The predicted molar refractivity (Wildman–Crippen MR) is 121 cm³/mol. The molecule has 3 aromatic heterocycles. The fourth-order valence-corrected chi connectivity index (χ4v) is 4.68. The Kier molecular flexibility index (Phi) is 4.99. The lowest BCUT2D eigenvalue weighted by Crippen LogP contribution is -2.00. The third kappa shape index (κ3) is 3.48. The first-order chi connectivity index (χ1) is 15.2. The lowest BCUT2D eigenvalue weighted by molar-refractivity contribution is 0.416. The molecule has 0 aliphatic heterocycles. The Bertz CT molecular complexity index is 1350. The lowest BCUT2D eigenvalue weighted by Gasteiger charge is -2.05. The van der Waals surface area contributed by atoms with Crippen LogP contribution in [0.25, 0.3) is 22.0 Å². The zero-order chi connectivity index (χ0) is 21.4. The van der Waals surface area contributed by atoms with Crippen LogP contribution < -0.4 is 4.74 Å². The van der Waals surface area contributed by atoms with Gasteiger partial charge in [0, 0.05) is 12.1 Å². The number of benzene rings is 2. The second-order valence-corrected chi connectivity index (χ2v) is 8.35. The van der Waals surface area contributed by atoms with Crippen LogP contribution in [0, 0.1) is 13.8 Å². The van der Waals surface area contributed by atoms with Gasteiger partial charge in [0.25, 0.3) is 0 Å². The summed E-state index contributed by atoms with van der Waals surface area (Å²) in [6, 6.07) is 18.0. The van der Waals surface area contributed by atoms with Crippen LogP contribution >= 0.6 is 11.3 Å². The monoisotopic (exact) mass is 430 g/mol. The number of ether oxygens (including phenoxy) is 1. The average molecular weight is 431 g/mol. The van der Waals surface area contributed by atoms with Gasteiger partial charge in [-0.15, -0.1) is 10.2 Å². The van der Waals surface area contributed by atoms with Crippen molar-refractivity contribution in [2.45, 2.75) is 26.7 Å². The first kappa shape index (κ1) is 19.4. The highest BCUT2D eigenvalue weighted by atomic mass is 32.1. The van der Waals surface area contributed by atoms with E-state index in [1.54, 1.807) is 18.4 Å². The van der Waals surface area contributed by atoms with Crippen molar-refractivity contribution in [3.63, 3.8) is 0 Å². The van der Waals surface area contributed by atoms with E-state index < -0.39 is 0 Å². The molecular weight excluding hydrogens is 408 g/mol. The molecule has 5 aromatic rings. The van der Waals surface area contributed by atoms with Crippen LogP contribution in [0.4, 0.5) is 0 Å². The smallest absolute Gasteiger partial charge is 0.234 e. The quantitative estimate of drug-likeness (QED) is 0.398. The van der Waals surface area contributed by atoms with E-state index in [0.717, 1.165) is 45.5 Å². The molecule has 0 aliphatic rings. The van der Waals surface area contributed by atoms with Crippen molar-refractivity contribution in [2.24, 2.45) is 0 Å². The molecule has 31 heavy (non-hydrogen) atoms. The zero-order valence-corrected chi connectivity index (χ0v) is 18.4. The Morgan fingerprint density at radius 2 is 1.68 bits per heavy atom. The molecule has 156 valence electrons. The van der Waals surface area contributed by atoms with Crippen LogP contribution in [-0.4, -0.2) is 36.7 Å². The van der Waals surface area contributed by atoms with Gasteiger partial charge in [-0.05, 0) is 50.1 Å². The van der Waals surface area contributed by atoms with E-state index in [-0.39, 0.29) is 0 Å². The van der Waals surface area contributed by atoms with E-state index in [4.69, 9.17) is 14.9 Å². The number of methoxy groups -OCH3 is 1. The van der Waals surface area contributed by atoms with Gasteiger partial charge in [-0.1, -0.05) is 41.7 Å². The van der Waals surface area contributed by atoms with Crippen molar-refractivity contribution in [3.8, 4) is 22.8 Å². The van der Waals surface area contributed by atoms with Gasteiger partial charge in [-0.25, -0.2) is 4.68 Å². The lowest BCUT2D eigenvalue weighted by atomic mass is 10.1. The summed E-state index contributed by atoms with van der Waals surface area (Å²) in [6.07, 6.45) is 1.69. The van der Waals surface area contributed by atoms with E-state index >= 15 is 0 Å². The van der Waals surface area contributed by atoms with Crippen molar-refractivity contribution in [3.05, 3.63) is 76.6 Å². The summed E-state index contributed by atoms with van der Waals surface area (Å²) < 4.78 is 9.31. The number of hydrogen-bond acceptors (Lipinski definition) is 6. The number of nitrogens with zero attached hydrogens (tertiary/aromatic N) is 6. The largest absolute Gasteiger partial charge is 0.496 e. The molecule has 0 saturated carbocycles. The van der Waals surface area contributed by atoms with Crippen LogP contribution in [0.15, 0.2) is 54.6 Å². The Hall–Kier alpha value is -3.52. The van der Waals surface area contributed by atoms with Gasteiger partial charge in [0.15, 0.2) is 5.82 Å². The summed E-state index contributed by atoms with van der Waals surface area (Å²) in [4.78, 5) is 0.782. The number of aryl methyl sites for hydroxylation is 2. The van der Waals surface area contributed by atoms with Crippen LogP contribution in [0.2, 0.25) is 0 Å². The average Bonchev–Trinajstić information content (AvgIpc) is 3.46. The van der Waals surface area contributed by atoms with E-state index in [0.29, 0.717) is 5.82 Å². The standard InChI is InChI=1S/C23H22N6OS/c1-15-18(16(2)28(26-15)17-9-5-4-6-10-17)13-14-21-27-29-22(24-25-23(29)31-21)19-11-7-8-12-20(19)30-3/h4-12H,13-14H2,1-3H3. The highest BCUT2D eigenvalue weighted by molar-refractivity contribution is 7.16. The Balaban J connectivity index is 1.42. The maximum atomic E-state index is 5.48. The number of rotatable bonds is 6. The Morgan fingerprint density at radius 1 is 0.903 bits per heavy atom. The van der Waals surface area contributed by atoms with E-state index in [9.17, 15) is 0 Å². The number of fused-ring (bicyclic) bond motifs is 1. The Morgan fingerprint density at radius 3 is 2.48 bits per heavy atom. The van der Waals surface area contributed by atoms with E-state index in [1.165, 1.54) is 11.3 Å². The molecule has 2 aromatic carbocycles. The van der Waals surface area contributed by atoms with Crippen molar-refractivity contribution in [1.82, 2.24) is 29.6 Å². The molecule has 0 saturated heterocycles. The van der Waals surface area contributed by atoms with Gasteiger partial charge in [0.05, 0.1) is 24.1 Å². The van der Waals surface area contributed by atoms with Crippen LogP contribution in [0.1, 0.15) is 22.0 Å². The van der Waals surface area contributed by atoms with Crippen molar-refractivity contribution >= 4 is 16.3 Å². The molecule has 0 radical (unpaired) electrons. The molecular formula is C23H22N6OS. The van der Waals surface area contributed by atoms with Gasteiger partial charge in [0.1, 0.15) is 10.8 Å². The summed E-state index contributed by atoms with van der Waals surface area (Å²) in [5.74, 6) is 1.45. The first-order valence-electron chi connectivity index (χ1n) is 10.1. The van der Waals surface area contributed by atoms with E-state index in [1.807, 2.05) is 51.7 Å². The normalized spacial score (nSPS) is 11.3. The van der Waals surface area contributed by atoms with E-state index in [2.05, 4.69) is 36.2 Å². The molecule has 0 aliphatic carbocycles. The topological polar surface area (TPSA) is 70.1 Å². The summed E-state index contributed by atoms with van der Waals surface area (Å²) >= 11 is 1.57. The third-order valence-corrected chi connectivity index (χ3v) is 6.37. The maximum absolute atomic E-state index is 5.48. The molecule has 0 atom stereocenters. The van der Waals surface area contributed by atoms with Gasteiger partial charge >= 0.3 is 0 Å². The molecule has 0 spiro atoms. The highest BCUT2D eigenvalue weighted by Gasteiger charge is 2.18. The second kappa shape index (κ2) is 7.96. The van der Waals surface area contributed by atoms with Crippen LogP contribution in [0.3, 0.4) is 0 Å². The molecule has 0 N–H and O–H groups in total. The van der Waals surface area contributed by atoms with Gasteiger partial charge < -0.3 is 4.74 Å². The fraction of sp³-hybridized carbons (Fsp3) is 0.217. The maximum Gasteiger partial charge on any atom is 0.234 e. The fourth-order valence-electron chi connectivity index (χ4n) is 3.84.